The molecule has 0 aliphatic heterocycles. The van der Waals surface area contributed by atoms with Crippen molar-refractivity contribution < 1.29 is 20.1 Å². The van der Waals surface area contributed by atoms with E-state index in [-0.39, 0.29) is 41.0 Å². The number of aromatic nitrogens is 2. The molecule has 2 aromatic heterocycles. The zero-order chi connectivity index (χ0) is 35.3. The number of nitrogens with zero attached hydrogens (tertiary/aromatic N) is 3. The molecule has 0 aromatic carbocycles. The van der Waals surface area contributed by atoms with Gasteiger partial charge < -0.3 is 20.6 Å². The fourth-order valence-corrected chi connectivity index (χ4v) is 11.5. The molecule has 2 aromatic rings. The fourth-order valence-electron chi connectivity index (χ4n) is 11.5. The highest BCUT2D eigenvalue weighted by atomic mass is 16.3. The first kappa shape index (κ1) is 37.4. The van der Waals surface area contributed by atoms with Crippen LogP contribution in [0, 0.1) is 46.3 Å². The quantitative estimate of drug-likeness (QED) is 0.157. The second-order valence-corrected chi connectivity index (χ2v) is 17.2. The van der Waals surface area contributed by atoms with Gasteiger partial charge in [0.05, 0.1) is 29.7 Å². The molecule has 4 aliphatic carbocycles. The molecular formula is C42H64N4O4. The first-order valence-electron chi connectivity index (χ1n) is 19.9. The van der Waals surface area contributed by atoms with Gasteiger partial charge >= 0.3 is 0 Å². The van der Waals surface area contributed by atoms with Gasteiger partial charge in [0.15, 0.2) is 0 Å². The van der Waals surface area contributed by atoms with Crippen molar-refractivity contribution >= 4 is 5.91 Å². The van der Waals surface area contributed by atoms with E-state index in [1.807, 2.05) is 36.7 Å². The van der Waals surface area contributed by atoms with Crippen molar-refractivity contribution in [2.45, 2.75) is 136 Å². The Morgan fingerprint density at radius 2 is 1.60 bits per heavy atom. The SMILES string of the molecule is C[C@H](CCC(=O)NCCCCCCN(Cc1ccccn1)Cc1ccccn1)[C@H]1CC[C@H]2[C@@H]3[C@H](O)C[C@@H]4C[C@H](O)CC[C@]4(C)[C@H]3C[C@H](O)[C@]12C. The molecule has 0 unspecified atom stereocenters. The van der Waals surface area contributed by atoms with Gasteiger partial charge in [-0.2, -0.15) is 0 Å². The zero-order valence-electron chi connectivity index (χ0n) is 30.9. The maximum absolute atomic E-state index is 12.9. The molecule has 11 atom stereocenters. The number of amides is 1. The van der Waals surface area contributed by atoms with Crippen molar-refractivity contribution in [3.8, 4) is 0 Å². The van der Waals surface area contributed by atoms with E-state index in [1.165, 1.54) is 0 Å². The Labute approximate surface area is 300 Å². The minimum Gasteiger partial charge on any atom is -0.393 e. The van der Waals surface area contributed by atoms with Crippen LogP contribution in [-0.4, -0.2) is 67.5 Å². The average Bonchev–Trinajstić information content (AvgIpc) is 3.47. The summed E-state index contributed by atoms with van der Waals surface area (Å²) in [5.41, 5.74) is 2.01. The van der Waals surface area contributed by atoms with Gasteiger partial charge in [-0.05, 0) is 141 Å². The van der Waals surface area contributed by atoms with Crippen molar-refractivity contribution in [3.63, 3.8) is 0 Å². The highest BCUT2D eigenvalue weighted by Gasteiger charge is 2.65. The molecule has 0 spiro atoms. The number of aliphatic hydroxyl groups excluding tert-OH is 3. The van der Waals surface area contributed by atoms with E-state index in [0.717, 1.165) is 115 Å². The summed E-state index contributed by atoms with van der Waals surface area (Å²) in [5, 5.41) is 37.0. The Balaban J connectivity index is 0.914. The van der Waals surface area contributed by atoms with Crippen molar-refractivity contribution in [2.75, 3.05) is 13.1 Å². The maximum atomic E-state index is 12.9. The molecule has 0 radical (unpaired) electrons. The van der Waals surface area contributed by atoms with Crippen LogP contribution in [0.1, 0.15) is 116 Å². The number of aliphatic hydroxyl groups is 3. The number of rotatable bonds is 15. The van der Waals surface area contributed by atoms with Gasteiger partial charge in [-0.25, -0.2) is 0 Å². The Morgan fingerprint density at radius 1 is 0.900 bits per heavy atom. The molecule has 0 bridgehead atoms. The largest absolute Gasteiger partial charge is 0.393 e. The van der Waals surface area contributed by atoms with E-state index in [9.17, 15) is 20.1 Å². The highest BCUT2D eigenvalue weighted by Crippen LogP contribution is 2.68. The molecule has 4 fully saturated rings. The number of hydrogen-bond acceptors (Lipinski definition) is 7. The lowest BCUT2D eigenvalue weighted by atomic mass is 9.43. The molecular weight excluding hydrogens is 624 g/mol. The van der Waals surface area contributed by atoms with Crippen molar-refractivity contribution in [1.82, 2.24) is 20.2 Å². The van der Waals surface area contributed by atoms with Crippen LogP contribution in [0.2, 0.25) is 0 Å². The summed E-state index contributed by atoms with van der Waals surface area (Å²) in [6.07, 6.45) is 14.7. The van der Waals surface area contributed by atoms with Crippen LogP contribution in [0.25, 0.3) is 0 Å². The molecule has 4 saturated carbocycles. The number of hydrogen-bond donors (Lipinski definition) is 4. The number of unbranched alkanes of at least 4 members (excludes halogenated alkanes) is 3. The smallest absolute Gasteiger partial charge is 0.220 e. The molecule has 0 saturated heterocycles. The summed E-state index contributed by atoms with van der Waals surface area (Å²) < 4.78 is 0. The summed E-state index contributed by atoms with van der Waals surface area (Å²) in [5.74, 6) is 2.03. The maximum Gasteiger partial charge on any atom is 0.220 e. The Morgan fingerprint density at radius 3 is 2.28 bits per heavy atom. The fraction of sp³-hybridized carbons (Fsp3) is 0.738. The molecule has 4 aliphatic rings. The second-order valence-electron chi connectivity index (χ2n) is 17.2. The second kappa shape index (κ2) is 16.5. The minimum atomic E-state index is -0.385. The van der Waals surface area contributed by atoms with Crippen LogP contribution in [0.5, 0.6) is 0 Å². The lowest BCUT2D eigenvalue weighted by Crippen LogP contribution is -2.62. The van der Waals surface area contributed by atoms with Crippen LogP contribution < -0.4 is 5.32 Å². The Bertz CT molecular complexity index is 1320. The van der Waals surface area contributed by atoms with E-state index < -0.39 is 0 Å². The number of fused-ring (bicyclic) bond motifs is 5. The van der Waals surface area contributed by atoms with Crippen molar-refractivity contribution in [2.24, 2.45) is 46.3 Å². The predicted octanol–water partition coefficient (Wildman–Crippen LogP) is 6.53. The van der Waals surface area contributed by atoms with E-state index in [2.05, 4.69) is 53.1 Å². The molecule has 8 heteroatoms. The van der Waals surface area contributed by atoms with Crippen LogP contribution >= 0.6 is 0 Å². The monoisotopic (exact) mass is 688 g/mol. The third-order valence-electron chi connectivity index (χ3n) is 14.3. The van der Waals surface area contributed by atoms with Gasteiger partial charge in [0.2, 0.25) is 5.91 Å². The molecule has 6 rings (SSSR count). The number of nitrogens with one attached hydrogen (secondary N) is 1. The van der Waals surface area contributed by atoms with Gasteiger partial charge in [0.25, 0.3) is 0 Å². The van der Waals surface area contributed by atoms with Gasteiger partial charge in [-0.1, -0.05) is 45.7 Å². The van der Waals surface area contributed by atoms with Crippen molar-refractivity contribution in [1.29, 1.82) is 0 Å². The first-order valence-corrected chi connectivity index (χ1v) is 19.9. The van der Waals surface area contributed by atoms with Gasteiger partial charge in [0.1, 0.15) is 0 Å². The number of carbonyl (C=O) groups is 1. The lowest BCUT2D eigenvalue weighted by Gasteiger charge is -2.63. The zero-order valence-corrected chi connectivity index (χ0v) is 30.9. The topological polar surface area (TPSA) is 119 Å². The third kappa shape index (κ3) is 8.14. The van der Waals surface area contributed by atoms with Crippen LogP contribution in [0.4, 0.5) is 0 Å². The van der Waals surface area contributed by atoms with Crippen LogP contribution in [-0.2, 0) is 17.9 Å². The van der Waals surface area contributed by atoms with E-state index in [1.54, 1.807) is 0 Å². The van der Waals surface area contributed by atoms with E-state index in [0.29, 0.717) is 36.0 Å². The van der Waals surface area contributed by atoms with E-state index >= 15 is 0 Å². The third-order valence-corrected chi connectivity index (χ3v) is 14.3. The first-order chi connectivity index (χ1) is 24.1. The van der Waals surface area contributed by atoms with E-state index in [4.69, 9.17) is 0 Å². The normalized spacial score (nSPS) is 35.6. The molecule has 8 nitrogen and oxygen atoms in total. The van der Waals surface area contributed by atoms with Gasteiger partial charge in [-0.3, -0.25) is 19.7 Å². The highest BCUT2D eigenvalue weighted by molar-refractivity contribution is 5.75. The standard InChI is InChI=1S/C42H64N4O4/c1-29(34-15-16-35-40-36(26-38(49)42(34,35)3)41(2)19-18-33(47)24-30(41)25-37(40)48)14-17-39(50)45-22-8-4-5-11-23-46(27-31-12-6-9-20-43-31)28-32-13-7-10-21-44-32/h6-7,9-10,12-13,20-21,29-30,33-38,40,47-49H,4-5,8,11,14-19,22-28H2,1-3H3,(H,45,50)/t29-,30+,33-,34-,35+,36+,37-,38+,40+,41+,42-/m1/s1. The Hall–Kier alpha value is -2.39. The average molecular weight is 689 g/mol. The number of pyridine rings is 2. The summed E-state index contributed by atoms with van der Waals surface area (Å²) >= 11 is 0. The lowest BCUT2D eigenvalue weighted by molar-refractivity contribution is -0.207. The molecule has 50 heavy (non-hydrogen) atoms. The number of carbonyl (C=O) groups excluding carboxylic acids is 1. The summed E-state index contributed by atoms with van der Waals surface area (Å²) in [6, 6.07) is 12.1. The van der Waals surface area contributed by atoms with Crippen LogP contribution in [0.15, 0.2) is 48.8 Å². The van der Waals surface area contributed by atoms with Crippen LogP contribution in [0.3, 0.4) is 0 Å². The molecule has 1 amide bonds. The predicted molar refractivity (Wildman–Crippen MR) is 196 cm³/mol. The summed E-state index contributed by atoms with van der Waals surface area (Å²) in [6.45, 7) is 10.3. The molecule has 4 N–H and O–H groups in total. The molecule has 2 heterocycles. The summed E-state index contributed by atoms with van der Waals surface area (Å²) in [7, 11) is 0. The van der Waals surface area contributed by atoms with Gasteiger partial charge in [-0.15, -0.1) is 0 Å². The minimum absolute atomic E-state index is 0.0910. The summed E-state index contributed by atoms with van der Waals surface area (Å²) in [4.78, 5) is 24.4. The van der Waals surface area contributed by atoms with Gasteiger partial charge in [0, 0.05) is 38.4 Å². The van der Waals surface area contributed by atoms with Crippen molar-refractivity contribution in [3.05, 3.63) is 60.2 Å². The Kier molecular flexibility index (Phi) is 12.3. The molecule has 276 valence electrons.